The lowest BCUT2D eigenvalue weighted by Gasteiger charge is -2.20. The van der Waals surface area contributed by atoms with Gasteiger partial charge in [0.25, 0.3) is 0 Å². The van der Waals surface area contributed by atoms with E-state index in [1.165, 1.54) is 12.1 Å². The first-order valence-electron chi connectivity index (χ1n) is 7.73. The molecule has 0 unspecified atom stereocenters. The van der Waals surface area contributed by atoms with E-state index in [2.05, 4.69) is 0 Å². The quantitative estimate of drug-likeness (QED) is 0.785. The maximum Gasteiger partial charge on any atom is 0.407 e. The summed E-state index contributed by atoms with van der Waals surface area (Å²) in [6.07, 6.45) is -1.74. The van der Waals surface area contributed by atoms with Crippen LogP contribution in [0.5, 0.6) is 5.75 Å². The molecule has 0 atom stereocenters. The Kier molecular flexibility index (Phi) is 6.74. The lowest BCUT2D eigenvalue weighted by molar-refractivity contribution is -0.0470. The fraction of sp³-hybridized carbons (Fsp3) is 0.562. The van der Waals surface area contributed by atoms with Gasteiger partial charge >= 0.3 is 6.09 Å². The Balaban J connectivity index is 1.99. The molecule has 134 valence electrons. The average molecular weight is 345 g/mol. The zero-order chi connectivity index (χ0) is 17.5. The Bertz CT molecular complexity index is 564. The summed E-state index contributed by atoms with van der Waals surface area (Å²) in [4.78, 5) is 12.1. The summed E-state index contributed by atoms with van der Waals surface area (Å²) in [5.74, 6) is -0.0109. The van der Waals surface area contributed by atoms with Gasteiger partial charge in [0, 0.05) is 12.1 Å². The number of rotatable bonds is 8. The molecular weight excluding hydrogens is 324 g/mol. The van der Waals surface area contributed by atoms with E-state index in [1.807, 2.05) is 0 Å². The second-order valence-electron chi connectivity index (χ2n) is 5.32. The molecule has 1 N–H and O–H groups in total. The molecule has 1 aliphatic heterocycles. The number of halogens is 2. The number of ether oxygens (including phenoxy) is 3. The smallest absolute Gasteiger partial charge is 0.407 e. The SMILES string of the molecule is Cc1c(OCCN(CCCF)C(=O)O)ccc(F)c1C1OCCO1. The van der Waals surface area contributed by atoms with Gasteiger partial charge in [-0.2, -0.15) is 0 Å². The fourth-order valence-electron chi connectivity index (χ4n) is 2.47. The summed E-state index contributed by atoms with van der Waals surface area (Å²) in [6.45, 7) is 2.19. The third kappa shape index (κ3) is 4.55. The predicted octanol–water partition coefficient (Wildman–Crippen LogP) is 2.90. The minimum absolute atomic E-state index is 0.0802. The third-order valence-corrected chi connectivity index (χ3v) is 3.72. The van der Waals surface area contributed by atoms with Gasteiger partial charge in [-0.25, -0.2) is 9.18 Å². The van der Waals surface area contributed by atoms with Crippen LogP contribution in [0.15, 0.2) is 12.1 Å². The highest BCUT2D eigenvalue weighted by atomic mass is 19.1. The first-order chi connectivity index (χ1) is 11.5. The molecule has 1 amide bonds. The van der Waals surface area contributed by atoms with Crippen molar-refractivity contribution in [2.24, 2.45) is 0 Å². The van der Waals surface area contributed by atoms with Gasteiger partial charge in [-0.3, -0.25) is 4.39 Å². The number of hydrogen-bond donors (Lipinski definition) is 1. The Morgan fingerprint density at radius 2 is 2.08 bits per heavy atom. The topological polar surface area (TPSA) is 68.2 Å². The first-order valence-corrected chi connectivity index (χ1v) is 7.73. The van der Waals surface area contributed by atoms with Crippen molar-refractivity contribution in [3.8, 4) is 5.75 Å². The van der Waals surface area contributed by atoms with E-state index in [-0.39, 0.29) is 31.7 Å². The molecular formula is C16H21F2NO5. The normalized spacial score (nSPS) is 14.8. The molecule has 1 heterocycles. The summed E-state index contributed by atoms with van der Waals surface area (Å²) >= 11 is 0. The number of carboxylic acid groups (broad SMARTS) is 1. The standard InChI is InChI=1S/C16H21F2NO5/c1-11-13(22-8-7-19(16(20)21)6-2-5-17)4-3-12(18)14(11)15-23-9-10-24-15/h3-4,15H,2,5-10H2,1H3,(H,20,21). The number of amides is 1. The molecule has 1 saturated heterocycles. The molecule has 1 aliphatic rings. The van der Waals surface area contributed by atoms with Gasteiger partial charge in [0.15, 0.2) is 6.29 Å². The summed E-state index contributed by atoms with van der Waals surface area (Å²) in [5, 5.41) is 9.04. The molecule has 0 radical (unpaired) electrons. The van der Waals surface area contributed by atoms with Crippen LogP contribution in [-0.2, 0) is 9.47 Å². The van der Waals surface area contributed by atoms with Crippen LogP contribution in [0.3, 0.4) is 0 Å². The van der Waals surface area contributed by atoms with Crippen LogP contribution in [-0.4, -0.2) is 55.7 Å². The van der Waals surface area contributed by atoms with Crippen molar-refractivity contribution in [2.75, 3.05) is 39.6 Å². The minimum Gasteiger partial charge on any atom is -0.491 e. The Morgan fingerprint density at radius 1 is 1.38 bits per heavy atom. The number of benzene rings is 1. The van der Waals surface area contributed by atoms with E-state index < -0.39 is 24.9 Å². The molecule has 1 aromatic carbocycles. The summed E-state index contributed by atoms with van der Waals surface area (Å²) in [7, 11) is 0. The molecule has 0 saturated carbocycles. The van der Waals surface area contributed by atoms with Crippen LogP contribution in [0.1, 0.15) is 23.8 Å². The Hall–Kier alpha value is -1.93. The number of alkyl halides is 1. The molecule has 1 aromatic rings. The van der Waals surface area contributed by atoms with E-state index in [1.54, 1.807) is 6.92 Å². The lowest BCUT2D eigenvalue weighted by Crippen LogP contribution is -2.34. The van der Waals surface area contributed by atoms with Gasteiger partial charge in [-0.15, -0.1) is 0 Å². The highest BCUT2D eigenvalue weighted by molar-refractivity contribution is 5.64. The van der Waals surface area contributed by atoms with Crippen LogP contribution < -0.4 is 4.74 Å². The molecule has 2 rings (SSSR count). The molecule has 0 bridgehead atoms. The predicted molar refractivity (Wildman–Crippen MR) is 81.5 cm³/mol. The molecule has 0 aliphatic carbocycles. The van der Waals surface area contributed by atoms with Crippen LogP contribution in [0.2, 0.25) is 0 Å². The van der Waals surface area contributed by atoms with Crippen molar-refractivity contribution < 1.29 is 32.9 Å². The Labute approximate surface area is 138 Å². The maximum absolute atomic E-state index is 14.0. The van der Waals surface area contributed by atoms with E-state index in [0.717, 1.165) is 4.90 Å². The first kappa shape index (κ1) is 18.4. The number of nitrogens with zero attached hydrogens (tertiary/aromatic N) is 1. The molecule has 0 aromatic heterocycles. The van der Waals surface area contributed by atoms with Crippen LogP contribution in [0.4, 0.5) is 13.6 Å². The summed E-state index contributed by atoms with van der Waals surface area (Å²) in [5.41, 5.74) is 0.838. The van der Waals surface area contributed by atoms with Crippen molar-refractivity contribution in [3.63, 3.8) is 0 Å². The lowest BCUT2D eigenvalue weighted by atomic mass is 10.1. The van der Waals surface area contributed by atoms with Crippen molar-refractivity contribution in [1.82, 2.24) is 4.90 Å². The van der Waals surface area contributed by atoms with Gasteiger partial charge in [0.2, 0.25) is 0 Å². The highest BCUT2D eigenvalue weighted by Crippen LogP contribution is 2.33. The third-order valence-electron chi connectivity index (χ3n) is 3.72. The van der Waals surface area contributed by atoms with Gasteiger partial charge in [0.05, 0.1) is 32.0 Å². The maximum atomic E-state index is 14.0. The minimum atomic E-state index is -1.13. The van der Waals surface area contributed by atoms with E-state index in [9.17, 15) is 13.6 Å². The summed E-state index contributed by atoms with van der Waals surface area (Å²) in [6, 6.07) is 2.75. The van der Waals surface area contributed by atoms with Gasteiger partial charge in [-0.05, 0) is 25.5 Å². The van der Waals surface area contributed by atoms with Gasteiger partial charge < -0.3 is 24.2 Å². The average Bonchev–Trinajstić information content (AvgIpc) is 3.06. The van der Waals surface area contributed by atoms with Crippen LogP contribution in [0.25, 0.3) is 0 Å². The summed E-state index contributed by atoms with van der Waals surface area (Å²) < 4.78 is 42.5. The second-order valence-corrected chi connectivity index (χ2v) is 5.32. The van der Waals surface area contributed by atoms with Crippen LogP contribution >= 0.6 is 0 Å². The fourth-order valence-corrected chi connectivity index (χ4v) is 2.47. The zero-order valence-corrected chi connectivity index (χ0v) is 13.5. The van der Waals surface area contributed by atoms with Crippen molar-refractivity contribution in [3.05, 3.63) is 29.1 Å². The Morgan fingerprint density at radius 3 is 2.71 bits per heavy atom. The van der Waals surface area contributed by atoms with Crippen LogP contribution in [0, 0.1) is 12.7 Å². The van der Waals surface area contributed by atoms with Gasteiger partial charge in [0.1, 0.15) is 18.2 Å². The van der Waals surface area contributed by atoms with Crippen molar-refractivity contribution in [1.29, 1.82) is 0 Å². The van der Waals surface area contributed by atoms with Crippen molar-refractivity contribution >= 4 is 6.09 Å². The highest BCUT2D eigenvalue weighted by Gasteiger charge is 2.25. The molecule has 6 nitrogen and oxygen atoms in total. The molecule has 8 heteroatoms. The zero-order valence-electron chi connectivity index (χ0n) is 13.5. The molecule has 24 heavy (non-hydrogen) atoms. The second kappa shape index (κ2) is 8.79. The van der Waals surface area contributed by atoms with Gasteiger partial charge in [-0.1, -0.05) is 0 Å². The van der Waals surface area contributed by atoms with Crippen molar-refractivity contribution in [2.45, 2.75) is 19.6 Å². The largest absolute Gasteiger partial charge is 0.491 e. The van der Waals surface area contributed by atoms with E-state index >= 15 is 0 Å². The molecule has 1 fully saturated rings. The molecule has 0 spiro atoms. The van der Waals surface area contributed by atoms with E-state index in [0.29, 0.717) is 24.5 Å². The number of hydrogen-bond acceptors (Lipinski definition) is 4. The van der Waals surface area contributed by atoms with E-state index in [4.69, 9.17) is 19.3 Å². The monoisotopic (exact) mass is 345 g/mol. The number of carbonyl (C=O) groups is 1.